The topological polar surface area (TPSA) is 78.0 Å². The lowest BCUT2D eigenvalue weighted by molar-refractivity contribution is -0.169. The second-order valence-electron chi connectivity index (χ2n) is 8.93. The molecule has 0 saturated carbocycles. The van der Waals surface area contributed by atoms with Crippen molar-refractivity contribution in [3.05, 3.63) is 53.7 Å². The summed E-state index contributed by atoms with van der Waals surface area (Å²) < 4.78 is 45.4. The molecule has 3 aromatic rings. The number of anilines is 1. The van der Waals surface area contributed by atoms with E-state index in [1.165, 1.54) is 6.20 Å². The molecule has 1 aromatic heterocycles. The minimum atomic E-state index is -3.81. The predicted octanol–water partition coefficient (Wildman–Crippen LogP) is 4.43. The van der Waals surface area contributed by atoms with Crippen LogP contribution in [0.3, 0.4) is 0 Å². The minimum Gasteiger partial charge on any atom is -0.494 e. The Kier molecular flexibility index (Phi) is 6.00. The zero-order valence-electron chi connectivity index (χ0n) is 19.8. The Bertz CT molecular complexity index is 1320. The van der Waals surface area contributed by atoms with Crippen LogP contribution in [-0.4, -0.2) is 52.1 Å². The Morgan fingerprint density at radius 2 is 1.76 bits per heavy atom. The van der Waals surface area contributed by atoms with Gasteiger partial charge in [0.25, 0.3) is 0 Å². The third-order valence-electron chi connectivity index (χ3n) is 6.82. The van der Waals surface area contributed by atoms with E-state index in [9.17, 15) is 8.42 Å². The molecule has 0 N–H and O–H groups in total. The van der Waals surface area contributed by atoms with Gasteiger partial charge in [0.15, 0.2) is 5.79 Å². The third kappa shape index (κ3) is 4.04. The molecule has 2 aromatic carbocycles. The summed E-state index contributed by atoms with van der Waals surface area (Å²) in [5.74, 6) is 0.137. The maximum Gasteiger partial charge on any atom is 0.210 e. The van der Waals surface area contributed by atoms with Crippen molar-refractivity contribution in [2.75, 3.05) is 37.8 Å². The van der Waals surface area contributed by atoms with Crippen molar-refractivity contribution in [2.24, 2.45) is 0 Å². The van der Waals surface area contributed by atoms with E-state index in [0.29, 0.717) is 57.2 Å². The SMILES string of the molecule is CCOc1ccc2ncc(S(=O)(=O)c3ccc(C)c(C)c3)c(N3CCC4(CC3)OCCO4)c2c1. The molecular weight excluding hydrogens is 452 g/mol. The fourth-order valence-corrected chi connectivity index (χ4v) is 6.30. The molecule has 7 nitrogen and oxygen atoms in total. The highest BCUT2D eigenvalue weighted by Crippen LogP contribution is 2.41. The first kappa shape index (κ1) is 23.1. The number of ether oxygens (including phenoxy) is 3. The van der Waals surface area contributed by atoms with Crippen LogP contribution in [0.1, 0.15) is 30.9 Å². The standard InChI is InChI=1S/C26H30N2O5S/c1-4-31-20-6-8-23-22(16-20)25(28-11-9-26(10-12-28)32-13-14-33-26)24(17-27-23)34(29,30)21-7-5-18(2)19(3)15-21/h5-8,15-17H,4,9-14H2,1-3H3. The number of pyridine rings is 1. The van der Waals surface area contributed by atoms with E-state index in [-0.39, 0.29) is 9.79 Å². The van der Waals surface area contributed by atoms with Gasteiger partial charge in [-0.3, -0.25) is 4.98 Å². The zero-order valence-corrected chi connectivity index (χ0v) is 20.7. The summed E-state index contributed by atoms with van der Waals surface area (Å²) in [6.45, 7) is 8.78. The number of hydrogen-bond donors (Lipinski definition) is 0. The Hall–Kier alpha value is -2.68. The maximum absolute atomic E-state index is 13.9. The lowest BCUT2D eigenvalue weighted by atomic mass is 10.0. The van der Waals surface area contributed by atoms with Gasteiger partial charge >= 0.3 is 0 Å². The highest BCUT2D eigenvalue weighted by atomic mass is 32.2. The van der Waals surface area contributed by atoms with Gasteiger partial charge in [-0.1, -0.05) is 6.07 Å². The molecule has 0 amide bonds. The summed E-state index contributed by atoms with van der Waals surface area (Å²) in [6.07, 6.45) is 2.84. The molecule has 0 unspecified atom stereocenters. The van der Waals surface area contributed by atoms with E-state index in [1.807, 2.05) is 45.0 Å². The Morgan fingerprint density at radius 3 is 2.44 bits per heavy atom. The summed E-state index contributed by atoms with van der Waals surface area (Å²) in [5, 5.41) is 0.764. The molecule has 180 valence electrons. The van der Waals surface area contributed by atoms with Crippen molar-refractivity contribution in [3.63, 3.8) is 0 Å². The molecular formula is C26H30N2O5S. The first-order valence-corrected chi connectivity index (χ1v) is 13.2. The first-order valence-electron chi connectivity index (χ1n) is 11.7. The van der Waals surface area contributed by atoms with Gasteiger partial charge < -0.3 is 19.1 Å². The second kappa shape index (κ2) is 8.83. The molecule has 3 heterocycles. The molecule has 2 fully saturated rings. The molecule has 1 spiro atoms. The number of aromatic nitrogens is 1. The van der Waals surface area contributed by atoms with Gasteiger partial charge in [-0.25, -0.2) is 8.42 Å². The van der Waals surface area contributed by atoms with Crippen LogP contribution in [0.25, 0.3) is 10.9 Å². The fourth-order valence-electron chi connectivity index (χ4n) is 4.78. The van der Waals surface area contributed by atoms with Crippen LogP contribution in [0.15, 0.2) is 52.4 Å². The molecule has 0 bridgehead atoms. The van der Waals surface area contributed by atoms with Gasteiger partial charge in [-0.15, -0.1) is 0 Å². The third-order valence-corrected chi connectivity index (χ3v) is 8.57. The minimum absolute atomic E-state index is 0.209. The van der Waals surface area contributed by atoms with Crippen molar-refractivity contribution < 1.29 is 22.6 Å². The van der Waals surface area contributed by atoms with Crippen molar-refractivity contribution in [1.29, 1.82) is 0 Å². The highest BCUT2D eigenvalue weighted by Gasteiger charge is 2.41. The number of sulfone groups is 1. The van der Waals surface area contributed by atoms with E-state index in [4.69, 9.17) is 14.2 Å². The van der Waals surface area contributed by atoms with E-state index < -0.39 is 15.6 Å². The van der Waals surface area contributed by atoms with Crippen molar-refractivity contribution in [3.8, 4) is 5.75 Å². The van der Waals surface area contributed by atoms with Crippen LogP contribution < -0.4 is 9.64 Å². The summed E-state index contributed by atoms with van der Waals surface area (Å²) in [6, 6.07) is 10.9. The summed E-state index contributed by atoms with van der Waals surface area (Å²) >= 11 is 0. The summed E-state index contributed by atoms with van der Waals surface area (Å²) in [4.78, 5) is 7.14. The molecule has 34 heavy (non-hydrogen) atoms. The van der Waals surface area contributed by atoms with Gasteiger partial charge in [-0.05, 0) is 62.2 Å². The van der Waals surface area contributed by atoms with Crippen LogP contribution >= 0.6 is 0 Å². The Labute approximate surface area is 200 Å². The van der Waals surface area contributed by atoms with Crippen molar-refractivity contribution in [2.45, 2.75) is 49.2 Å². The average Bonchev–Trinajstić information content (AvgIpc) is 3.28. The Morgan fingerprint density at radius 1 is 1.03 bits per heavy atom. The normalized spacial score (nSPS) is 18.0. The van der Waals surface area contributed by atoms with Crippen LogP contribution in [-0.2, 0) is 19.3 Å². The van der Waals surface area contributed by atoms with Crippen LogP contribution in [0.5, 0.6) is 5.75 Å². The van der Waals surface area contributed by atoms with Crippen LogP contribution in [0, 0.1) is 13.8 Å². The number of rotatable bonds is 5. The van der Waals surface area contributed by atoms with Crippen molar-refractivity contribution in [1.82, 2.24) is 4.98 Å². The summed E-state index contributed by atoms with van der Waals surface area (Å²) in [5.41, 5.74) is 3.38. The van der Waals surface area contributed by atoms with Gasteiger partial charge in [0.1, 0.15) is 10.6 Å². The highest BCUT2D eigenvalue weighted by molar-refractivity contribution is 7.91. The number of hydrogen-bond acceptors (Lipinski definition) is 7. The maximum atomic E-state index is 13.9. The molecule has 5 rings (SSSR count). The van der Waals surface area contributed by atoms with E-state index in [1.54, 1.807) is 12.1 Å². The number of piperidine rings is 1. The van der Waals surface area contributed by atoms with E-state index in [0.717, 1.165) is 22.0 Å². The quantitative estimate of drug-likeness (QED) is 0.532. The van der Waals surface area contributed by atoms with Gasteiger partial charge in [0.2, 0.25) is 9.84 Å². The smallest absolute Gasteiger partial charge is 0.210 e. The average molecular weight is 483 g/mol. The fraction of sp³-hybridized carbons (Fsp3) is 0.423. The molecule has 8 heteroatoms. The zero-order chi connectivity index (χ0) is 23.9. The number of aryl methyl sites for hydroxylation is 2. The lowest BCUT2D eigenvalue weighted by Gasteiger charge is -2.39. The van der Waals surface area contributed by atoms with E-state index in [2.05, 4.69) is 9.88 Å². The van der Waals surface area contributed by atoms with Gasteiger partial charge in [0, 0.05) is 37.5 Å². The first-order chi connectivity index (χ1) is 16.3. The predicted molar refractivity (Wildman–Crippen MR) is 130 cm³/mol. The molecule has 2 saturated heterocycles. The number of nitrogens with zero attached hydrogens (tertiary/aromatic N) is 2. The van der Waals surface area contributed by atoms with Crippen LogP contribution in [0.4, 0.5) is 5.69 Å². The van der Waals surface area contributed by atoms with Gasteiger partial charge in [0.05, 0.1) is 35.9 Å². The summed E-state index contributed by atoms with van der Waals surface area (Å²) in [7, 11) is -3.81. The number of benzene rings is 2. The van der Waals surface area contributed by atoms with Crippen molar-refractivity contribution >= 4 is 26.4 Å². The monoisotopic (exact) mass is 482 g/mol. The van der Waals surface area contributed by atoms with Crippen LogP contribution in [0.2, 0.25) is 0 Å². The molecule has 0 radical (unpaired) electrons. The molecule has 0 aliphatic carbocycles. The largest absolute Gasteiger partial charge is 0.494 e. The Balaban J connectivity index is 1.66. The number of fused-ring (bicyclic) bond motifs is 1. The van der Waals surface area contributed by atoms with E-state index >= 15 is 0 Å². The molecule has 0 atom stereocenters. The molecule has 2 aliphatic heterocycles. The second-order valence-corrected chi connectivity index (χ2v) is 10.8. The van der Waals surface area contributed by atoms with Gasteiger partial charge in [-0.2, -0.15) is 0 Å². The lowest BCUT2D eigenvalue weighted by Crippen LogP contribution is -2.45. The molecule has 2 aliphatic rings.